The van der Waals surface area contributed by atoms with Crippen LogP contribution in [0.3, 0.4) is 0 Å². The molecule has 3 aromatic rings. The van der Waals surface area contributed by atoms with Gasteiger partial charge in [0.25, 0.3) is 0 Å². The zero-order valence-corrected chi connectivity index (χ0v) is 31.6. The first-order valence-corrected chi connectivity index (χ1v) is 16.4. The fraction of sp³-hybridized carbons (Fsp3) is 0.444. The van der Waals surface area contributed by atoms with Crippen LogP contribution in [0.2, 0.25) is 0 Å². The Morgan fingerprint density at radius 3 is 1.44 bits per heavy atom. The second-order valence-corrected chi connectivity index (χ2v) is 11.1. The molecule has 0 spiro atoms. The van der Waals surface area contributed by atoms with E-state index in [4.69, 9.17) is 20.9 Å². The largest absolute Gasteiger partial charge is 0.444 e. The average molecular weight is 692 g/mol. The van der Waals surface area contributed by atoms with Crippen molar-refractivity contribution in [2.75, 3.05) is 22.1 Å². The summed E-state index contributed by atoms with van der Waals surface area (Å²) < 4.78 is 11.2. The lowest BCUT2D eigenvalue weighted by Crippen LogP contribution is -2.29. The molecule has 0 unspecified atom stereocenters. The molecule has 0 saturated carbocycles. The van der Waals surface area contributed by atoms with Gasteiger partial charge in [0.15, 0.2) is 0 Å². The Balaban J connectivity index is -0.000000681. The van der Waals surface area contributed by atoms with Crippen molar-refractivity contribution in [1.82, 2.24) is 0 Å². The predicted octanol–water partition coefficient (Wildman–Crippen LogP) is 11.8. The Kier molecular flexibility index (Phi) is 25.0. The Hall–Kier alpha value is -3.72. The molecule has 0 aromatic heterocycles. The molecule has 0 saturated heterocycles. The number of carbonyl (C=O) groups excluding carboxylic acids is 2. The third-order valence-electron chi connectivity index (χ3n) is 4.45. The van der Waals surface area contributed by atoms with E-state index in [1.165, 1.54) is 0 Å². The van der Waals surface area contributed by atoms with Crippen LogP contribution in [0.25, 0.3) is 11.1 Å². The van der Waals surface area contributed by atoms with Crippen LogP contribution in [0.15, 0.2) is 71.2 Å². The molecule has 9 heteroatoms. The molecule has 0 aliphatic rings. The maximum atomic E-state index is 11.9. The number of rotatable bonds is 3. The predicted molar refractivity (Wildman–Crippen MR) is 200 cm³/mol. The van der Waals surface area contributed by atoms with Gasteiger partial charge in [0, 0.05) is 4.47 Å². The highest BCUT2D eigenvalue weighted by atomic mass is 79.9. The van der Waals surface area contributed by atoms with Gasteiger partial charge in [-0.2, -0.15) is 0 Å². The average Bonchev–Trinajstić information content (AvgIpc) is 2.99. The van der Waals surface area contributed by atoms with Crippen molar-refractivity contribution in [3.05, 3.63) is 71.2 Å². The van der Waals surface area contributed by atoms with Gasteiger partial charge in [-0.05, 0) is 83.0 Å². The number of amides is 2. The number of anilines is 4. The molecule has 3 aromatic carbocycles. The smallest absolute Gasteiger partial charge is 0.412 e. The van der Waals surface area contributed by atoms with Crippen molar-refractivity contribution in [2.45, 2.75) is 108 Å². The van der Waals surface area contributed by atoms with E-state index in [2.05, 4.69) is 26.6 Å². The lowest BCUT2D eigenvalue weighted by atomic mass is 10.0. The molecule has 45 heavy (non-hydrogen) atoms. The van der Waals surface area contributed by atoms with Crippen LogP contribution < -0.4 is 22.1 Å². The Labute approximate surface area is 281 Å². The van der Waals surface area contributed by atoms with E-state index >= 15 is 0 Å². The minimum absolute atomic E-state index is 0.402. The maximum absolute atomic E-state index is 11.9. The molecule has 0 heterocycles. The molecule has 0 bridgehead atoms. The molecule has 6 N–H and O–H groups in total. The summed E-state index contributed by atoms with van der Waals surface area (Å²) in [4.78, 5) is 23.8. The molecule has 3 rings (SSSR count). The summed E-state index contributed by atoms with van der Waals surface area (Å²) in [6, 6.07) is 20.8. The van der Waals surface area contributed by atoms with E-state index in [0.717, 1.165) is 15.6 Å². The minimum Gasteiger partial charge on any atom is -0.444 e. The number of nitrogen functional groups attached to an aromatic ring is 2. The number of hydrogen-bond donors (Lipinski definition) is 4. The number of nitrogens with two attached hydrogens (primary N) is 2. The highest BCUT2D eigenvalue weighted by Gasteiger charge is 2.20. The van der Waals surface area contributed by atoms with E-state index in [0.29, 0.717) is 22.7 Å². The molecular weight excluding hydrogens is 632 g/mol. The number of nitrogens with one attached hydrogen (secondary N) is 2. The summed E-state index contributed by atoms with van der Waals surface area (Å²) in [5, 5.41) is 5.22. The lowest BCUT2D eigenvalue weighted by Gasteiger charge is -2.22. The van der Waals surface area contributed by atoms with Crippen molar-refractivity contribution in [1.29, 1.82) is 0 Å². The summed E-state index contributed by atoms with van der Waals surface area (Å²) in [7, 11) is 0. The number of halogens is 1. The van der Waals surface area contributed by atoms with Gasteiger partial charge in [0.2, 0.25) is 0 Å². The van der Waals surface area contributed by atoms with Crippen molar-refractivity contribution in [3.63, 3.8) is 0 Å². The molecule has 2 amide bonds. The van der Waals surface area contributed by atoms with Gasteiger partial charge < -0.3 is 20.9 Å². The fourth-order valence-corrected chi connectivity index (χ4v) is 3.30. The van der Waals surface area contributed by atoms with Gasteiger partial charge in [0.1, 0.15) is 11.2 Å². The number of benzene rings is 3. The first-order chi connectivity index (χ1) is 21.1. The van der Waals surface area contributed by atoms with Gasteiger partial charge in [0.05, 0.1) is 22.7 Å². The zero-order chi connectivity index (χ0) is 35.8. The van der Waals surface area contributed by atoms with E-state index in [9.17, 15) is 9.59 Å². The van der Waals surface area contributed by atoms with Crippen LogP contribution in [0.5, 0.6) is 0 Å². The molecule has 0 atom stereocenters. The number of hydrogen-bond acceptors (Lipinski definition) is 6. The van der Waals surface area contributed by atoms with Crippen molar-refractivity contribution < 1.29 is 19.1 Å². The summed E-state index contributed by atoms with van der Waals surface area (Å²) >= 11 is 3.33. The quantitative estimate of drug-likeness (QED) is 0.202. The van der Waals surface area contributed by atoms with Gasteiger partial charge >= 0.3 is 12.2 Å². The summed E-state index contributed by atoms with van der Waals surface area (Å²) in [6.07, 6.45) is -1.21. The van der Waals surface area contributed by atoms with Gasteiger partial charge in [-0.15, -0.1) is 0 Å². The van der Waals surface area contributed by atoms with Crippen LogP contribution in [0.4, 0.5) is 32.3 Å². The van der Waals surface area contributed by atoms with E-state index in [1.807, 2.05) is 104 Å². The fourth-order valence-electron chi connectivity index (χ4n) is 2.94. The third kappa shape index (κ3) is 21.6. The van der Waals surface area contributed by atoms with Gasteiger partial charge in [-0.3, -0.25) is 10.6 Å². The molecular formula is C36H59BrN4O4. The first-order valence-electron chi connectivity index (χ1n) is 15.6. The van der Waals surface area contributed by atoms with Gasteiger partial charge in [-0.25, -0.2) is 9.59 Å². The molecule has 0 aliphatic carbocycles. The highest BCUT2D eigenvalue weighted by Crippen LogP contribution is 2.28. The van der Waals surface area contributed by atoms with E-state index in [-0.39, 0.29) is 0 Å². The van der Waals surface area contributed by atoms with Crippen molar-refractivity contribution in [3.8, 4) is 11.1 Å². The molecule has 0 aliphatic heterocycles. The van der Waals surface area contributed by atoms with Crippen LogP contribution in [0.1, 0.15) is 96.9 Å². The summed E-state index contributed by atoms with van der Waals surface area (Å²) in [5.41, 5.74) is 14.5. The molecule has 0 radical (unpaired) electrons. The summed E-state index contributed by atoms with van der Waals surface area (Å²) in [6.45, 7) is 26.6. The normalized spacial score (nSPS) is 9.58. The lowest BCUT2D eigenvalue weighted by molar-refractivity contribution is 0.0621. The van der Waals surface area contributed by atoms with Crippen molar-refractivity contribution >= 4 is 50.9 Å². The van der Waals surface area contributed by atoms with Crippen LogP contribution in [0, 0.1) is 0 Å². The molecule has 8 nitrogen and oxygen atoms in total. The van der Waals surface area contributed by atoms with Crippen LogP contribution in [-0.2, 0) is 9.47 Å². The monoisotopic (exact) mass is 690 g/mol. The number of carbonyl (C=O) groups is 2. The first kappa shape index (κ1) is 45.7. The van der Waals surface area contributed by atoms with Crippen LogP contribution in [-0.4, -0.2) is 23.4 Å². The zero-order valence-electron chi connectivity index (χ0n) is 30.0. The topological polar surface area (TPSA) is 129 Å². The van der Waals surface area contributed by atoms with Crippen LogP contribution >= 0.6 is 15.9 Å². The minimum atomic E-state index is -0.616. The Bertz CT molecular complexity index is 1220. The maximum Gasteiger partial charge on any atom is 0.412 e. The molecule has 254 valence electrons. The second-order valence-electron chi connectivity index (χ2n) is 10.2. The van der Waals surface area contributed by atoms with E-state index in [1.54, 1.807) is 59.7 Å². The number of ether oxygens (including phenoxy) is 2. The van der Waals surface area contributed by atoms with Crippen molar-refractivity contribution in [2.24, 2.45) is 0 Å². The standard InChI is InChI=1S/C16H23BrN2O4.C12H12N2.4C2H6/c1-15(2,3)22-13(20)18-11-8-7-10(17)9-12(11)19-14(21)23-16(4,5)6;13-11-7-6-10(8-12(11)14)9-4-2-1-3-5-9;4*1-2/h7-9H,1-6H3,(H,18,20)(H,19,21);1-8H,13-14H2;4*1-2H3. The summed E-state index contributed by atoms with van der Waals surface area (Å²) in [5.74, 6) is 0. The Morgan fingerprint density at radius 1 is 0.578 bits per heavy atom. The Morgan fingerprint density at radius 2 is 1.02 bits per heavy atom. The molecule has 0 fully saturated rings. The highest BCUT2D eigenvalue weighted by molar-refractivity contribution is 9.10. The van der Waals surface area contributed by atoms with Gasteiger partial charge in [-0.1, -0.05) is 108 Å². The second kappa shape index (κ2) is 24.6. The van der Waals surface area contributed by atoms with E-state index < -0.39 is 23.4 Å². The SMILES string of the molecule is CC.CC.CC.CC.CC(C)(C)OC(=O)Nc1ccc(Br)cc1NC(=O)OC(C)(C)C.Nc1ccc(-c2ccccc2)cc1N. The third-order valence-corrected chi connectivity index (χ3v) is 4.94.